The average molecular weight is 540 g/mol. The first-order valence-electron chi connectivity index (χ1n) is 13.4. The van der Waals surface area contributed by atoms with Crippen LogP contribution in [0.15, 0.2) is 48.8 Å². The van der Waals surface area contributed by atoms with E-state index in [1.807, 2.05) is 27.0 Å². The van der Waals surface area contributed by atoms with Crippen LogP contribution in [-0.4, -0.2) is 51.2 Å². The highest BCUT2D eigenvalue weighted by Gasteiger charge is 2.34. The standard InChI is InChI=1S/C32H37N5O3/c1-9-21-11-12-23(15-25(21)22-17-34-37(18-22)19-27(38)36(7)8)32(5,6)29-28(30(39)40-31(2,3)4)24-13-10-20(16-33)14-26(24)35-29/h10-15,17-18,35H,9,19H2,1-8H3. The number of esters is 1. The number of nitriles is 1. The van der Waals surface area contributed by atoms with Crippen LogP contribution in [-0.2, 0) is 27.9 Å². The number of fused-ring (bicyclic) bond motifs is 1. The molecule has 0 radical (unpaired) electrons. The van der Waals surface area contributed by atoms with E-state index in [0.717, 1.165) is 28.7 Å². The Kier molecular flexibility index (Phi) is 7.62. The first-order valence-corrected chi connectivity index (χ1v) is 13.4. The number of carbonyl (C=O) groups is 2. The summed E-state index contributed by atoms with van der Waals surface area (Å²) in [5, 5.41) is 14.6. The molecule has 2 aromatic heterocycles. The first-order chi connectivity index (χ1) is 18.7. The number of aromatic nitrogens is 3. The number of H-pyrrole nitrogens is 1. The van der Waals surface area contributed by atoms with E-state index in [1.54, 1.807) is 48.1 Å². The van der Waals surface area contributed by atoms with Crippen molar-refractivity contribution in [1.29, 1.82) is 5.26 Å². The molecule has 0 bridgehead atoms. The van der Waals surface area contributed by atoms with Gasteiger partial charge in [-0.25, -0.2) is 4.79 Å². The second kappa shape index (κ2) is 10.6. The van der Waals surface area contributed by atoms with Gasteiger partial charge in [0.05, 0.1) is 23.4 Å². The normalized spacial score (nSPS) is 11.9. The molecule has 1 amide bonds. The van der Waals surface area contributed by atoms with Crippen molar-refractivity contribution in [3.8, 4) is 17.2 Å². The average Bonchev–Trinajstić information content (AvgIpc) is 3.51. The van der Waals surface area contributed by atoms with Crippen molar-refractivity contribution in [2.75, 3.05) is 14.1 Å². The van der Waals surface area contributed by atoms with Crippen LogP contribution in [0.2, 0.25) is 0 Å². The van der Waals surface area contributed by atoms with Crippen LogP contribution in [0, 0.1) is 11.3 Å². The molecular weight excluding hydrogens is 502 g/mol. The van der Waals surface area contributed by atoms with Gasteiger partial charge in [0.25, 0.3) is 0 Å². The number of likely N-dealkylation sites (N-methyl/N-ethyl adjacent to an activating group) is 1. The summed E-state index contributed by atoms with van der Waals surface area (Å²) in [5.41, 5.74) is 5.20. The van der Waals surface area contributed by atoms with Gasteiger partial charge >= 0.3 is 5.97 Å². The molecule has 2 aromatic carbocycles. The van der Waals surface area contributed by atoms with Crippen molar-refractivity contribution in [2.45, 2.75) is 65.5 Å². The molecule has 0 spiro atoms. The van der Waals surface area contributed by atoms with Crippen LogP contribution in [0.25, 0.3) is 22.0 Å². The molecule has 1 N–H and O–H groups in total. The van der Waals surface area contributed by atoms with Gasteiger partial charge in [-0.15, -0.1) is 0 Å². The molecule has 0 aliphatic heterocycles. The molecule has 0 saturated carbocycles. The molecule has 8 heteroatoms. The summed E-state index contributed by atoms with van der Waals surface area (Å²) in [5.74, 6) is -0.447. The number of aromatic amines is 1. The fourth-order valence-electron chi connectivity index (χ4n) is 4.83. The van der Waals surface area contributed by atoms with Gasteiger partial charge in [0.15, 0.2) is 0 Å². The number of ether oxygens (including phenoxy) is 1. The molecule has 2 heterocycles. The number of amides is 1. The molecule has 0 unspecified atom stereocenters. The Labute approximate surface area is 235 Å². The van der Waals surface area contributed by atoms with E-state index in [0.29, 0.717) is 27.7 Å². The fourth-order valence-corrected chi connectivity index (χ4v) is 4.83. The van der Waals surface area contributed by atoms with E-state index in [-0.39, 0.29) is 12.5 Å². The summed E-state index contributed by atoms with van der Waals surface area (Å²) in [4.78, 5) is 30.8. The van der Waals surface area contributed by atoms with Crippen molar-refractivity contribution < 1.29 is 14.3 Å². The zero-order valence-electron chi connectivity index (χ0n) is 24.5. The Balaban J connectivity index is 1.85. The third kappa shape index (κ3) is 5.64. The largest absolute Gasteiger partial charge is 0.456 e. The van der Waals surface area contributed by atoms with E-state index in [4.69, 9.17) is 4.74 Å². The lowest BCUT2D eigenvalue weighted by Crippen LogP contribution is -2.27. The zero-order chi connectivity index (χ0) is 29.4. The Morgan fingerprint density at radius 2 is 1.82 bits per heavy atom. The van der Waals surface area contributed by atoms with Crippen molar-refractivity contribution in [2.24, 2.45) is 0 Å². The van der Waals surface area contributed by atoms with Gasteiger partial charge in [0.2, 0.25) is 5.91 Å². The van der Waals surface area contributed by atoms with E-state index < -0.39 is 17.0 Å². The van der Waals surface area contributed by atoms with E-state index >= 15 is 0 Å². The van der Waals surface area contributed by atoms with Gasteiger partial charge in [-0.2, -0.15) is 10.4 Å². The second-order valence-electron chi connectivity index (χ2n) is 11.8. The van der Waals surface area contributed by atoms with Gasteiger partial charge < -0.3 is 14.6 Å². The SMILES string of the molecule is CCc1ccc(C(C)(C)c2[nH]c3cc(C#N)ccc3c2C(=O)OC(C)(C)C)cc1-c1cnn(CC(=O)N(C)C)c1. The smallest absolute Gasteiger partial charge is 0.341 e. The van der Waals surface area contributed by atoms with Gasteiger partial charge in [0, 0.05) is 47.9 Å². The van der Waals surface area contributed by atoms with Crippen LogP contribution in [0.1, 0.15) is 74.3 Å². The third-order valence-electron chi connectivity index (χ3n) is 7.11. The molecule has 0 aliphatic carbocycles. The second-order valence-corrected chi connectivity index (χ2v) is 11.8. The molecule has 8 nitrogen and oxygen atoms in total. The first kappa shape index (κ1) is 28.6. The predicted octanol–water partition coefficient (Wildman–Crippen LogP) is 5.83. The topological polar surface area (TPSA) is 104 Å². The van der Waals surface area contributed by atoms with Crippen molar-refractivity contribution in [1.82, 2.24) is 19.7 Å². The minimum atomic E-state index is -0.668. The van der Waals surface area contributed by atoms with Crippen LogP contribution >= 0.6 is 0 Å². The lowest BCUT2D eigenvalue weighted by Gasteiger charge is -2.28. The number of nitrogens with one attached hydrogen (secondary N) is 1. The summed E-state index contributed by atoms with van der Waals surface area (Å²) in [6.45, 7) is 12.0. The van der Waals surface area contributed by atoms with Crippen LogP contribution < -0.4 is 0 Å². The highest BCUT2D eigenvalue weighted by atomic mass is 16.6. The maximum atomic E-state index is 13.6. The molecule has 40 heavy (non-hydrogen) atoms. The van der Waals surface area contributed by atoms with Crippen molar-refractivity contribution in [3.63, 3.8) is 0 Å². The van der Waals surface area contributed by atoms with Crippen molar-refractivity contribution in [3.05, 3.63) is 76.7 Å². The minimum absolute atomic E-state index is 0.0340. The Morgan fingerprint density at radius 1 is 1.10 bits per heavy atom. The maximum absolute atomic E-state index is 13.6. The van der Waals surface area contributed by atoms with Crippen LogP contribution in [0.4, 0.5) is 0 Å². The van der Waals surface area contributed by atoms with Gasteiger partial charge in [-0.05, 0) is 62.1 Å². The number of nitrogens with zero attached hydrogens (tertiary/aromatic N) is 4. The predicted molar refractivity (Wildman–Crippen MR) is 156 cm³/mol. The maximum Gasteiger partial charge on any atom is 0.341 e. The number of aryl methyl sites for hydroxylation is 1. The van der Waals surface area contributed by atoms with Crippen LogP contribution in [0.5, 0.6) is 0 Å². The molecule has 4 rings (SSSR count). The van der Waals surface area contributed by atoms with Gasteiger partial charge in [0.1, 0.15) is 12.1 Å². The van der Waals surface area contributed by atoms with Gasteiger partial charge in [-0.3, -0.25) is 9.48 Å². The highest BCUT2D eigenvalue weighted by molar-refractivity contribution is 6.06. The molecule has 0 fully saturated rings. The molecular formula is C32H37N5O3. The fraction of sp³-hybridized carbons (Fsp3) is 0.375. The summed E-state index contributed by atoms with van der Waals surface area (Å²) in [6.07, 6.45) is 4.50. The summed E-state index contributed by atoms with van der Waals surface area (Å²) in [6, 6.07) is 13.8. The number of hydrogen-bond acceptors (Lipinski definition) is 5. The monoisotopic (exact) mass is 539 g/mol. The van der Waals surface area contributed by atoms with E-state index in [1.165, 1.54) is 0 Å². The van der Waals surface area contributed by atoms with E-state index in [9.17, 15) is 14.9 Å². The van der Waals surface area contributed by atoms with Crippen molar-refractivity contribution >= 4 is 22.8 Å². The molecule has 0 saturated heterocycles. The minimum Gasteiger partial charge on any atom is -0.456 e. The molecule has 208 valence electrons. The number of benzene rings is 2. The summed E-state index contributed by atoms with van der Waals surface area (Å²) in [7, 11) is 3.45. The molecule has 0 atom stereocenters. The Hall–Kier alpha value is -4.38. The summed E-state index contributed by atoms with van der Waals surface area (Å²) >= 11 is 0. The molecule has 0 aliphatic rings. The Morgan fingerprint density at radius 3 is 2.45 bits per heavy atom. The number of hydrogen-bond donors (Lipinski definition) is 1. The molecule has 4 aromatic rings. The highest BCUT2D eigenvalue weighted by Crippen LogP contribution is 2.39. The lowest BCUT2D eigenvalue weighted by atomic mass is 9.78. The zero-order valence-corrected chi connectivity index (χ0v) is 24.5. The number of carbonyl (C=O) groups excluding carboxylic acids is 2. The summed E-state index contributed by atoms with van der Waals surface area (Å²) < 4.78 is 7.49. The van der Waals surface area contributed by atoms with E-state index in [2.05, 4.69) is 55.1 Å². The quantitative estimate of drug-likeness (QED) is 0.297. The number of rotatable bonds is 7. The lowest BCUT2D eigenvalue weighted by molar-refractivity contribution is -0.129. The third-order valence-corrected chi connectivity index (χ3v) is 7.11. The Bertz CT molecular complexity index is 1630. The van der Waals surface area contributed by atoms with Crippen LogP contribution in [0.3, 0.4) is 0 Å². The van der Waals surface area contributed by atoms with Gasteiger partial charge in [-0.1, -0.05) is 39.0 Å².